The number of benzene rings is 17. The fourth-order valence-electron chi connectivity index (χ4n) is 14.3. The molecule has 4 nitrogen and oxygen atoms in total. The normalized spacial score (nSPS) is 11.1. The van der Waals surface area contributed by atoms with Crippen LogP contribution in [0.25, 0.3) is 136 Å². The van der Waals surface area contributed by atoms with Crippen LogP contribution in [0.4, 0.5) is 45.5 Å². The van der Waals surface area contributed by atoms with Crippen molar-refractivity contribution in [1.82, 2.24) is 0 Å². The average Bonchev–Trinajstić information content (AvgIpc) is 1.60. The molecule has 108 heavy (non-hydrogen) atoms. The molecule has 0 saturated carbocycles. The quantitative estimate of drug-likeness (QED) is 0.0985. The summed E-state index contributed by atoms with van der Waals surface area (Å²) in [6.45, 7) is 0. The molecular weight excluding hydrogens is 1390 g/mol. The Hall–Kier alpha value is -12.9. The first-order chi connectivity index (χ1) is 53.4. The molecule has 0 amide bonds. The summed E-state index contributed by atoms with van der Waals surface area (Å²) in [6, 6.07) is 142. The SMILES string of the molecule is c1ccc(-c2ccc(Nc3ccc4c(c3)sc3ccccc34)cc2)cc1.c1ccc(-c2ccc(Nc3ccc4sc5ccccc5c4c3)cc2)cc1.c1ccc(-c2cccc(Nc3ccc4sc5ccccc5c4c3)c2)cc1.c1ccc2c(-c3ccc(Nc4ccc5sc6ccccc6c5c4)cc3)cccc2c1. The van der Waals surface area contributed by atoms with Crippen LogP contribution in [-0.2, 0) is 0 Å². The van der Waals surface area contributed by atoms with Crippen molar-refractivity contribution in [3.8, 4) is 44.5 Å². The summed E-state index contributed by atoms with van der Waals surface area (Å²) in [6.07, 6.45) is 0. The Morgan fingerprint density at radius 2 is 0.417 bits per heavy atom. The van der Waals surface area contributed by atoms with Gasteiger partial charge in [0.25, 0.3) is 0 Å². The van der Waals surface area contributed by atoms with Crippen molar-refractivity contribution in [3.05, 3.63) is 400 Å². The molecule has 21 rings (SSSR count). The average molecular weight is 1460 g/mol. The van der Waals surface area contributed by atoms with Gasteiger partial charge in [-0.1, -0.05) is 261 Å². The summed E-state index contributed by atoms with van der Waals surface area (Å²) in [5, 5.41) is 27.4. The summed E-state index contributed by atoms with van der Waals surface area (Å²) < 4.78 is 10.7. The van der Waals surface area contributed by atoms with E-state index in [9.17, 15) is 0 Å². The molecule has 0 saturated heterocycles. The van der Waals surface area contributed by atoms with Gasteiger partial charge in [-0.2, -0.15) is 0 Å². The number of nitrogens with one attached hydrogen (secondary N) is 4. The Balaban J connectivity index is 0.000000102. The first kappa shape index (κ1) is 67.0. The molecule has 0 aliphatic rings. The van der Waals surface area contributed by atoms with Gasteiger partial charge in [0, 0.05) is 126 Å². The van der Waals surface area contributed by atoms with Gasteiger partial charge in [-0.25, -0.2) is 0 Å². The number of fused-ring (bicyclic) bond motifs is 13. The molecule has 0 bridgehead atoms. The van der Waals surface area contributed by atoms with Crippen LogP contribution >= 0.6 is 45.3 Å². The molecule has 4 aromatic heterocycles. The zero-order valence-electron chi connectivity index (χ0n) is 58.7. The summed E-state index contributed by atoms with van der Waals surface area (Å²) in [5.41, 5.74) is 18.8. The van der Waals surface area contributed by atoms with Crippen molar-refractivity contribution >= 4 is 182 Å². The molecule has 4 heterocycles. The molecule has 0 spiro atoms. The smallest absolute Gasteiger partial charge is 0.0398 e. The Bertz CT molecular complexity index is 6710. The van der Waals surface area contributed by atoms with Gasteiger partial charge in [0.1, 0.15) is 0 Å². The van der Waals surface area contributed by atoms with Crippen LogP contribution in [-0.4, -0.2) is 0 Å². The van der Waals surface area contributed by atoms with Crippen LogP contribution in [0.2, 0.25) is 0 Å². The molecular formula is C100H70N4S4. The number of anilines is 8. The summed E-state index contributed by atoms with van der Waals surface area (Å²) in [5.74, 6) is 0. The number of hydrogen-bond acceptors (Lipinski definition) is 8. The van der Waals surface area contributed by atoms with Crippen molar-refractivity contribution in [2.24, 2.45) is 0 Å². The third-order valence-electron chi connectivity index (χ3n) is 19.6. The summed E-state index contributed by atoms with van der Waals surface area (Å²) in [7, 11) is 0. The molecule has 17 aromatic carbocycles. The lowest BCUT2D eigenvalue weighted by molar-refractivity contribution is 1.55. The molecule has 0 unspecified atom stereocenters. The van der Waals surface area contributed by atoms with E-state index in [1.165, 1.54) is 136 Å². The molecule has 4 N–H and O–H groups in total. The monoisotopic (exact) mass is 1450 g/mol. The fraction of sp³-hybridized carbons (Fsp3) is 0. The molecule has 0 aliphatic carbocycles. The maximum Gasteiger partial charge on any atom is 0.0398 e. The van der Waals surface area contributed by atoms with Gasteiger partial charge in [0.05, 0.1) is 0 Å². The van der Waals surface area contributed by atoms with E-state index in [2.05, 4.69) is 403 Å². The first-order valence-corrected chi connectivity index (χ1v) is 39.5. The predicted octanol–water partition coefficient (Wildman–Crippen LogP) is 31.0. The molecule has 0 atom stereocenters. The van der Waals surface area contributed by atoms with Crippen LogP contribution in [0, 0.1) is 0 Å². The van der Waals surface area contributed by atoms with Crippen LogP contribution < -0.4 is 21.3 Å². The van der Waals surface area contributed by atoms with E-state index < -0.39 is 0 Å². The van der Waals surface area contributed by atoms with Gasteiger partial charge < -0.3 is 21.3 Å². The first-order valence-electron chi connectivity index (χ1n) is 36.2. The lowest BCUT2D eigenvalue weighted by atomic mass is 9.98. The molecule has 0 aliphatic heterocycles. The van der Waals surface area contributed by atoms with Crippen molar-refractivity contribution in [2.75, 3.05) is 21.3 Å². The van der Waals surface area contributed by atoms with Crippen LogP contribution in [0.5, 0.6) is 0 Å². The van der Waals surface area contributed by atoms with Crippen molar-refractivity contribution in [2.45, 2.75) is 0 Å². The minimum atomic E-state index is 1.10. The van der Waals surface area contributed by atoms with Gasteiger partial charge in [-0.15, -0.1) is 45.3 Å². The number of thiophene rings is 4. The van der Waals surface area contributed by atoms with Crippen molar-refractivity contribution < 1.29 is 0 Å². The fourth-order valence-corrected chi connectivity index (χ4v) is 18.7. The van der Waals surface area contributed by atoms with Gasteiger partial charge >= 0.3 is 0 Å². The highest BCUT2D eigenvalue weighted by Gasteiger charge is 2.12. The summed E-state index contributed by atoms with van der Waals surface area (Å²) in [4.78, 5) is 0. The maximum atomic E-state index is 3.57. The molecule has 0 fully saturated rings. The Morgan fingerprint density at radius 1 is 0.139 bits per heavy atom. The second kappa shape index (κ2) is 30.6. The van der Waals surface area contributed by atoms with Crippen molar-refractivity contribution in [3.63, 3.8) is 0 Å². The molecule has 514 valence electrons. The van der Waals surface area contributed by atoms with Gasteiger partial charge in [-0.3, -0.25) is 0 Å². The largest absolute Gasteiger partial charge is 0.356 e. The van der Waals surface area contributed by atoms with E-state index in [1.807, 2.05) is 63.5 Å². The Labute approximate surface area is 643 Å². The minimum Gasteiger partial charge on any atom is -0.356 e. The van der Waals surface area contributed by atoms with E-state index in [0.717, 1.165) is 45.5 Å². The van der Waals surface area contributed by atoms with Gasteiger partial charge in [0.15, 0.2) is 0 Å². The highest BCUT2D eigenvalue weighted by Crippen LogP contribution is 2.41. The second-order valence-corrected chi connectivity index (χ2v) is 31.0. The van der Waals surface area contributed by atoms with Crippen LogP contribution in [0.3, 0.4) is 0 Å². The van der Waals surface area contributed by atoms with Crippen molar-refractivity contribution in [1.29, 1.82) is 0 Å². The predicted molar refractivity (Wildman–Crippen MR) is 475 cm³/mol. The van der Waals surface area contributed by atoms with E-state index in [4.69, 9.17) is 0 Å². The molecule has 21 aromatic rings. The lowest BCUT2D eigenvalue weighted by Gasteiger charge is -2.10. The highest BCUT2D eigenvalue weighted by molar-refractivity contribution is 7.27. The van der Waals surface area contributed by atoms with E-state index in [-0.39, 0.29) is 0 Å². The van der Waals surface area contributed by atoms with Crippen LogP contribution in [0.1, 0.15) is 0 Å². The Morgan fingerprint density at radius 3 is 0.870 bits per heavy atom. The van der Waals surface area contributed by atoms with Gasteiger partial charge in [-0.05, 0) is 195 Å². The van der Waals surface area contributed by atoms with Crippen LogP contribution in [0.15, 0.2) is 400 Å². The zero-order valence-corrected chi connectivity index (χ0v) is 62.0. The van der Waals surface area contributed by atoms with E-state index in [1.54, 1.807) is 0 Å². The zero-order chi connectivity index (χ0) is 72.0. The lowest BCUT2D eigenvalue weighted by Crippen LogP contribution is -1.90. The topological polar surface area (TPSA) is 48.1 Å². The van der Waals surface area contributed by atoms with Gasteiger partial charge in [0.2, 0.25) is 0 Å². The number of rotatable bonds is 12. The van der Waals surface area contributed by atoms with E-state index in [0.29, 0.717) is 0 Å². The molecule has 8 heteroatoms. The Kier molecular flexibility index (Phi) is 19.0. The second-order valence-electron chi connectivity index (χ2n) is 26.7. The number of hydrogen-bond donors (Lipinski definition) is 4. The highest BCUT2D eigenvalue weighted by atomic mass is 32.1. The minimum absolute atomic E-state index is 1.10. The third-order valence-corrected chi connectivity index (χ3v) is 24.2. The standard InChI is InChI=1S/C28H19NS.3C24H17NS/c1-2-8-23-19(6-1)7-5-10-24(23)20-12-14-21(15-13-20)29-22-16-17-28-26(18-22)25-9-3-4-11-27(25)30-28;1-2-7-17(8-3-1)18-9-6-10-19(15-18)25-20-13-14-24-22(16-20)21-11-4-5-12-23(21)26-24;1-2-6-17(7-3-1)18-10-12-19(13-11-18)25-20-14-15-24-22(16-20)21-8-4-5-9-23(21)26-24;1-2-6-17(7-3-1)18-10-12-19(13-11-18)25-20-14-15-22-21-8-4-5-9-23(21)26-24(22)16-20/h1-18,29H;3*1-16,25H. The third kappa shape index (κ3) is 14.7. The summed E-state index contributed by atoms with van der Waals surface area (Å²) >= 11 is 7.39. The molecule has 0 radical (unpaired) electrons. The maximum absolute atomic E-state index is 3.57. The van der Waals surface area contributed by atoms with E-state index >= 15 is 0 Å².